The first-order chi connectivity index (χ1) is 13.7. The molecule has 28 heavy (non-hydrogen) atoms. The summed E-state index contributed by atoms with van der Waals surface area (Å²) < 4.78 is 1.25. The quantitative estimate of drug-likeness (QED) is 0.742. The Balaban J connectivity index is 1.39. The zero-order chi connectivity index (χ0) is 19.1. The van der Waals surface area contributed by atoms with E-state index < -0.39 is 0 Å². The van der Waals surface area contributed by atoms with E-state index in [2.05, 4.69) is 43.3 Å². The molecular weight excluding hydrogens is 366 g/mol. The number of anilines is 1. The van der Waals surface area contributed by atoms with Gasteiger partial charge in [-0.25, -0.2) is 4.98 Å². The van der Waals surface area contributed by atoms with E-state index in [-0.39, 0.29) is 11.9 Å². The van der Waals surface area contributed by atoms with E-state index in [1.807, 2.05) is 17.0 Å². The second-order valence-corrected chi connectivity index (χ2v) is 9.16. The highest BCUT2D eigenvalue weighted by atomic mass is 32.1. The van der Waals surface area contributed by atoms with Crippen LogP contribution in [0.5, 0.6) is 0 Å². The monoisotopic (exact) mass is 392 g/mol. The van der Waals surface area contributed by atoms with Crippen LogP contribution in [0.15, 0.2) is 48.5 Å². The molecule has 2 aliphatic rings. The Bertz CT molecular complexity index is 981. The predicted molar refractivity (Wildman–Crippen MR) is 114 cm³/mol. The zero-order valence-electron chi connectivity index (χ0n) is 16.2. The molecule has 0 bridgehead atoms. The molecule has 4 nitrogen and oxygen atoms in total. The molecule has 144 valence electrons. The van der Waals surface area contributed by atoms with Crippen LogP contribution in [0.4, 0.5) is 5.69 Å². The van der Waals surface area contributed by atoms with Crippen LogP contribution >= 0.6 is 11.3 Å². The van der Waals surface area contributed by atoms with Gasteiger partial charge < -0.3 is 9.80 Å². The van der Waals surface area contributed by atoms with Gasteiger partial charge in [-0.05, 0) is 49.9 Å². The number of aromatic nitrogens is 1. The summed E-state index contributed by atoms with van der Waals surface area (Å²) in [5.41, 5.74) is 3.48. The van der Waals surface area contributed by atoms with Crippen molar-refractivity contribution in [3.05, 3.63) is 59.1 Å². The predicted octanol–water partition coefficient (Wildman–Crippen LogP) is 3.38. The van der Waals surface area contributed by atoms with Crippen LogP contribution in [-0.2, 0) is 11.2 Å². The minimum Gasteiger partial charge on any atom is -0.319 e. The molecule has 0 radical (unpaired) electrons. The summed E-state index contributed by atoms with van der Waals surface area (Å²) in [5, 5.41) is 1.19. The summed E-state index contributed by atoms with van der Waals surface area (Å²) in [5.74, 6) is 0.250. The molecule has 1 saturated heterocycles. The van der Waals surface area contributed by atoms with E-state index in [0.29, 0.717) is 12.6 Å². The number of amides is 1. The van der Waals surface area contributed by atoms with Gasteiger partial charge in [-0.3, -0.25) is 4.79 Å². The van der Waals surface area contributed by atoms with Crippen molar-refractivity contribution in [3.8, 4) is 0 Å². The van der Waals surface area contributed by atoms with Gasteiger partial charge in [0.25, 0.3) is 5.91 Å². The lowest BCUT2D eigenvalue weighted by molar-refractivity contribution is -0.929. The molecule has 5 heteroatoms. The van der Waals surface area contributed by atoms with Crippen LogP contribution in [0.1, 0.15) is 42.8 Å². The number of nitrogens with one attached hydrogen (secondary N) is 1. The molecule has 5 rings (SSSR count). The average Bonchev–Trinajstić information content (AvgIpc) is 3.28. The van der Waals surface area contributed by atoms with Crippen molar-refractivity contribution in [2.45, 2.75) is 44.7 Å². The topological polar surface area (TPSA) is 37.6 Å². The number of hydrogen-bond donors (Lipinski definition) is 1. The lowest BCUT2D eigenvalue weighted by Gasteiger charge is -2.33. The molecule has 3 atom stereocenters. The fourth-order valence-electron chi connectivity index (χ4n) is 4.85. The third kappa shape index (κ3) is 3.12. The number of fused-ring (bicyclic) bond motifs is 2. The van der Waals surface area contributed by atoms with Gasteiger partial charge in [0.1, 0.15) is 6.04 Å². The number of likely N-dealkylation sites (tertiary alicyclic amines) is 1. The summed E-state index contributed by atoms with van der Waals surface area (Å²) in [6.07, 6.45) is 4.49. The molecule has 1 unspecified atom stereocenters. The molecule has 3 heterocycles. The summed E-state index contributed by atoms with van der Waals surface area (Å²) in [4.78, 5) is 21.7. The maximum absolute atomic E-state index is 13.3. The second-order valence-electron chi connectivity index (χ2n) is 8.10. The molecule has 1 N–H and O–H groups in total. The normalized spacial score (nSPS) is 24.5. The third-order valence-corrected chi connectivity index (χ3v) is 7.35. The minimum absolute atomic E-state index is 0.245. The summed E-state index contributed by atoms with van der Waals surface area (Å²) in [6.45, 7) is 3.77. The minimum atomic E-state index is 0.245. The van der Waals surface area contributed by atoms with Gasteiger partial charge in [0.15, 0.2) is 11.6 Å². The summed E-state index contributed by atoms with van der Waals surface area (Å²) >= 11 is 1.80. The number of hydrogen-bond acceptors (Lipinski definition) is 3. The van der Waals surface area contributed by atoms with Crippen molar-refractivity contribution in [1.82, 2.24) is 4.98 Å². The molecule has 0 spiro atoms. The van der Waals surface area contributed by atoms with Gasteiger partial charge in [0, 0.05) is 18.2 Å². The highest BCUT2D eigenvalue weighted by molar-refractivity contribution is 7.18. The largest absolute Gasteiger partial charge is 0.319 e. The van der Waals surface area contributed by atoms with Crippen LogP contribution < -0.4 is 9.80 Å². The van der Waals surface area contributed by atoms with E-state index in [9.17, 15) is 4.79 Å². The van der Waals surface area contributed by atoms with Crippen LogP contribution in [0.3, 0.4) is 0 Å². The molecule has 2 aliphatic heterocycles. The molecule has 1 fully saturated rings. The number of quaternary nitrogens is 1. The number of nitrogens with zero attached hydrogens (tertiary/aromatic N) is 2. The van der Waals surface area contributed by atoms with Gasteiger partial charge in [-0.15, -0.1) is 11.3 Å². The standard InChI is InChI=1S/C23H25N3OS/c1-16-14-17-8-2-4-10-19(17)26(16)22(27)15-25-13-7-6-11-20(25)23-24-18-9-3-5-12-21(18)28-23/h2-5,8-10,12,16,20H,6-7,11,13-15H2,1H3/p+1/t16-,20+/m0/s1. The van der Waals surface area contributed by atoms with Crippen molar-refractivity contribution in [2.24, 2.45) is 0 Å². The zero-order valence-corrected chi connectivity index (χ0v) is 17.0. The number of piperidine rings is 1. The van der Waals surface area contributed by atoms with Crippen molar-refractivity contribution in [3.63, 3.8) is 0 Å². The number of carbonyl (C=O) groups is 1. The molecule has 2 aromatic carbocycles. The first kappa shape index (κ1) is 17.8. The maximum atomic E-state index is 13.3. The van der Waals surface area contributed by atoms with Crippen LogP contribution in [0.2, 0.25) is 0 Å². The van der Waals surface area contributed by atoms with E-state index in [1.165, 1.54) is 33.0 Å². The van der Waals surface area contributed by atoms with E-state index >= 15 is 0 Å². The number of para-hydroxylation sites is 2. The maximum Gasteiger partial charge on any atom is 0.282 e. The molecule has 0 aliphatic carbocycles. The van der Waals surface area contributed by atoms with E-state index in [1.54, 1.807) is 11.3 Å². The Kier molecular flexibility index (Phi) is 4.65. The SMILES string of the molecule is C[C@H]1Cc2ccccc2N1C(=O)C[NH+]1CCCC[C@@H]1c1nc2ccccc2s1. The van der Waals surface area contributed by atoms with Crippen LogP contribution in [-0.4, -0.2) is 30.0 Å². The Morgan fingerprint density at radius 1 is 1.18 bits per heavy atom. The van der Waals surface area contributed by atoms with Crippen molar-refractivity contribution < 1.29 is 9.69 Å². The van der Waals surface area contributed by atoms with Gasteiger partial charge in [0.2, 0.25) is 0 Å². The summed E-state index contributed by atoms with van der Waals surface area (Å²) in [6, 6.07) is 17.3. The highest BCUT2D eigenvalue weighted by Gasteiger charge is 2.36. The molecule has 1 amide bonds. The first-order valence-corrected chi connectivity index (χ1v) is 11.1. The first-order valence-electron chi connectivity index (χ1n) is 10.3. The lowest BCUT2D eigenvalue weighted by atomic mass is 10.0. The number of thiazole rings is 1. The van der Waals surface area contributed by atoms with Crippen molar-refractivity contribution >= 4 is 33.1 Å². The second kappa shape index (κ2) is 7.30. The smallest absolute Gasteiger partial charge is 0.282 e. The van der Waals surface area contributed by atoms with Crippen molar-refractivity contribution in [2.75, 3.05) is 18.0 Å². The Hall–Kier alpha value is -2.24. The summed E-state index contributed by atoms with van der Waals surface area (Å²) in [7, 11) is 0. The third-order valence-electron chi connectivity index (χ3n) is 6.20. The molecule has 0 saturated carbocycles. The van der Waals surface area contributed by atoms with E-state index in [0.717, 1.165) is 30.6 Å². The number of carbonyl (C=O) groups excluding carboxylic acids is 1. The van der Waals surface area contributed by atoms with Crippen LogP contribution in [0, 0.1) is 0 Å². The fraction of sp³-hybridized carbons (Fsp3) is 0.391. The van der Waals surface area contributed by atoms with Gasteiger partial charge >= 0.3 is 0 Å². The van der Waals surface area contributed by atoms with E-state index in [4.69, 9.17) is 4.98 Å². The molecule has 1 aromatic heterocycles. The lowest BCUT2D eigenvalue weighted by Crippen LogP contribution is -3.14. The van der Waals surface area contributed by atoms with Crippen LogP contribution in [0.25, 0.3) is 10.2 Å². The van der Waals surface area contributed by atoms with Gasteiger partial charge in [-0.2, -0.15) is 0 Å². The number of rotatable bonds is 3. The molecule has 3 aromatic rings. The van der Waals surface area contributed by atoms with Gasteiger partial charge in [0.05, 0.1) is 16.8 Å². The number of benzene rings is 2. The Morgan fingerprint density at radius 2 is 2.00 bits per heavy atom. The average molecular weight is 393 g/mol. The van der Waals surface area contributed by atoms with Crippen molar-refractivity contribution in [1.29, 1.82) is 0 Å². The Morgan fingerprint density at radius 3 is 2.89 bits per heavy atom. The van der Waals surface area contributed by atoms with Gasteiger partial charge in [-0.1, -0.05) is 30.3 Å². The molecular formula is C23H26N3OS+. The fourth-order valence-corrected chi connectivity index (χ4v) is 6.01. The Labute approximate surface area is 169 Å². The highest BCUT2D eigenvalue weighted by Crippen LogP contribution is 2.32.